The fourth-order valence-corrected chi connectivity index (χ4v) is 2.82. The molecule has 7 nitrogen and oxygen atoms in total. The van der Waals surface area contributed by atoms with Gasteiger partial charge in [0.2, 0.25) is 5.91 Å². The van der Waals surface area contributed by atoms with Crippen LogP contribution in [-0.4, -0.2) is 54.6 Å². The number of ether oxygens (including phenoxy) is 1. The smallest absolute Gasteiger partial charge is 0.414 e. The number of anilines is 1. The van der Waals surface area contributed by atoms with Gasteiger partial charge in [0.1, 0.15) is 12.1 Å². The van der Waals surface area contributed by atoms with Gasteiger partial charge in [0.05, 0.1) is 6.54 Å². The zero-order valence-corrected chi connectivity index (χ0v) is 13.2. The monoisotopic (exact) mass is 317 g/mol. The van der Waals surface area contributed by atoms with Crippen molar-refractivity contribution < 1.29 is 19.1 Å². The lowest BCUT2D eigenvalue weighted by molar-refractivity contribution is -0.133. The number of rotatable bonds is 2. The molecule has 2 saturated heterocycles. The quantitative estimate of drug-likeness (QED) is 0.882. The number of cyclic esters (lactones) is 1. The van der Waals surface area contributed by atoms with Gasteiger partial charge in [-0.05, 0) is 38.1 Å². The van der Waals surface area contributed by atoms with Crippen LogP contribution in [0.3, 0.4) is 0 Å². The first-order valence-electron chi connectivity index (χ1n) is 7.56. The third-order valence-electron chi connectivity index (χ3n) is 4.28. The van der Waals surface area contributed by atoms with Crippen LogP contribution in [0.4, 0.5) is 10.5 Å². The predicted molar refractivity (Wildman–Crippen MR) is 83.3 cm³/mol. The molecular formula is C16H19N3O4. The molecule has 0 unspecified atom stereocenters. The van der Waals surface area contributed by atoms with Crippen molar-refractivity contribution in [2.24, 2.45) is 0 Å². The molecule has 2 aliphatic rings. The second-order valence-corrected chi connectivity index (χ2v) is 6.08. The Balaban J connectivity index is 1.80. The summed E-state index contributed by atoms with van der Waals surface area (Å²) in [5.74, 6) is -0.353. The molecule has 2 aliphatic heterocycles. The van der Waals surface area contributed by atoms with E-state index < -0.39 is 5.54 Å². The molecule has 1 aromatic rings. The lowest BCUT2D eigenvalue weighted by Crippen LogP contribution is -2.63. The average molecular weight is 317 g/mol. The van der Waals surface area contributed by atoms with Crippen molar-refractivity contribution in [1.29, 1.82) is 0 Å². The van der Waals surface area contributed by atoms with E-state index in [1.165, 1.54) is 4.90 Å². The fraction of sp³-hybridized carbons (Fsp3) is 0.438. The summed E-state index contributed by atoms with van der Waals surface area (Å²) in [7, 11) is 0. The summed E-state index contributed by atoms with van der Waals surface area (Å²) in [6.07, 6.45) is -0.377. The van der Waals surface area contributed by atoms with Gasteiger partial charge in [-0.3, -0.25) is 14.5 Å². The Morgan fingerprint density at radius 2 is 1.87 bits per heavy atom. The molecule has 0 aliphatic carbocycles. The van der Waals surface area contributed by atoms with Crippen LogP contribution in [-0.2, 0) is 9.53 Å². The highest BCUT2D eigenvalue weighted by atomic mass is 16.6. The predicted octanol–water partition coefficient (Wildman–Crippen LogP) is 0.994. The molecule has 7 heteroatoms. The van der Waals surface area contributed by atoms with Crippen molar-refractivity contribution in [3.63, 3.8) is 0 Å². The minimum atomic E-state index is -0.882. The molecule has 0 saturated carbocycles. The second-order valence-electron chi connectivity index (χ2n) is 6.08. The van der Waals surface area contributed by atoms with Crippen molar-refractivity contribution in [2.45, 2.75) is 19.4 Å². The Bertz CT molecular complexity index is 654. The molecule has 0 radical (unpaired) electrons. The van der Waals surface area contributed by atoms with Gasteiger partial charge in [-0.1, -0.05) is 0 Å². The van der Waals surface area contributed by atoms with Crippen molar-refractivity contribution in [3.8, 4) is 0 Å². The summed E-state index contributed by atoms with van der Waals surface area (Å²) in [5, 5.41) is 2.77. The van der Waals surface area contributed by atoms with Gasteiger partial charge in [-0.15, -0.1) is 0 Å². The van der Waals surface area contributed by atoms with Gasteiger partial charge >= 0.3 is 6.09 Å². The maximum atomic E-state index is 12.7. The maximum Gasteiger partial charge on any atom is 0.414 e. The number of carbonyl (C=O) groups is 3. The average Bonchev–Trinajstić information content (AvgIpc) is 2.96. The fourth-order valence-electron chi connectivity index (χ4n) is 2.82. The third kappa shape index (κ3) is 2.62. The molecule has 0 atom stereocenters. The standard InChI is InChI=1S/C16H19N3O4/c1-16(2)14(21)17-7-8-19(16)13(20)11-3-5-12(6-4-11)18-9-10-23-15(18)22/h3-6H,7-10H2,1-2H3,(H,17,21). The molecule has 0 spiro atoms. The van der Waals surface area contributed by atoms with Gasteiger partial charge in [0.25, 0.3) is 5.91 Å². The number of hydrogen-bond donors (Lipinski definition) is 1. The highest BCUT2D eigenvalue weighted by Crippen LogP contribution is 2.23. The highest BCUT2D eigenvalue weighted by molar-refractivity contribution is 6.00. The van der Waals surface area contributed by atoms with Crippen LogP contribution in [0.1, 0.15) is 24.2 Å². The maximum absolute atomic E-state index is 12.7. The van der Waals surface area contributed by atoms with Crippen molar-refractivity contribution in [3.05, 3.63) is 29.8 Å². The minimum Gasteiger partial charge on any atom is -0.447 e. The van der Waals surface area contributed by atoms with Crippen LogP contribution in [0.25, 0.3) is 0 Å². The molecule has 23 heavy (non-hydrogen) atoms. The van der Waals surface area contributed by atoms with E-state index in [9.17, 15) is 14.4 Å². The molecule has 3 amide bonds. The first kappa shape index (κ1) is 15.3. The van der Waals surface area contributed by atoms with Gasteiger partial charge in [-0.2, -0.15) is 0 Å². The summed E-state index contributed by atoms with van der Waals surface area (Å²) >= 11 is 0. The molecule has 1 N–H and O–H groups in total. The van der Waals surface area contributed by atoms with Crippen LogP contribution in [0.2, 0.25) is 0 Å². The van der Waals surface area contributed by atoms with E-state index in [-0.39, 0.29) is 17.9 Å². The Morgan fingerprint density at radius 1 is 1.17 bits per heavy atom. The number of carbonyl (C=O) groups excluding carboxylic acids is 3. The minimum absolute atomic E-state index is 0.159. The molecular weight excluding hydrogens is 298 g/mol. The topological polar surface area (TPSA) is 79.0 Å². The summed E-state index contributed by atoms with van der Waals surface area (Å²) in [6.45, 7) is 5.26. The normalized spacial score (nSPS) is 20.3. The van der Waals surface area contributed by atoms with Crippen molar-refractivity contribution in [2.75, 3.05) is 31.1 Å². The molecule has 2 fully saturated rings. The number of hydrogen-bond acceptors (Lipinski definition) is 4. The lowest BCUT2D eigenvalue weighted by Gasteiger charge is -2.41. The summed E-state index contributed by atoms with van der Waals surface area (Å²) in [6, 6.07) is 6.78. The van der Waals surface area contributed by atoms with E-state index in [0.717, 1.165) is 0 Å². The Kier molecular flexibility index (Phi) is 3.71. The SMILES string of the molecule is CC1(C)C(=O)NCCN1C(=O)c1ccc(N2CCOC2=O)cc1. The van der Waals surface area contributed by atoms with E-state index in [0.29, 0.717) is 37.5 Å². The molecule has 3 rings (SSSR count). The van der Waals surface area contributed by atoms with Crippen LogP contribution < -0.4 is 10.2 Å². The van der Waals surface area contributed by atoms with Gasteiger partial charge < -0.3 is 15.0 Å². The van der Waals surface area contributed by atoms with Crippen LogP contribution in [0.15, 0.2) is 24.3 Å². The zero-order valence-electron chi connectivity index (χ0n) is 13.2. The van der Waals surface area contributed by atoms with E-state index in [4.69, 9.17) is 4.74 Å². The van der Waals surface area contributed by atoms with E-state index >= 15 is 0 Å². The van der Waals surface area contributed by atoms with Gasteiger partial charge in [0.15, 0.2) is 0 Å². The summed E-state index contributed by atoms with van der Waals surface area (Å²) in [4.78, 5) is 39.3. The van der Waals surface area contributed by atoms with Crippen LogP contribution in [0.5, 0.6) is 0 Å². The summed E-state index contributed by atoms with van der Waals surface area (Å²) in [5.41, 5.74) is 0.302. The highest BCUT2D eigenvalue weighted by Gasteiger charge is 2.40. The molecule has 2 heterocycles. The van der Waals surface area contributed by atoms with Crippen molar-refractivity contribution >= 4 is 23.6 Å². The molecule has 122 valence electrons. The number of nitrogens with one attached hydrogen (secondary N) is 1. The molecule has 0 bridgehead atoms. The van der Waals surface area contributed by atoms with Crippen molar-refractivity contribution in [1.82, 2.24) is 10.2 Å². The first-order valence-corrected chi connectivity index (χ1v) is 7.56. The number of piperazine rings is 1. The second kappa shape index (κ2) is 5.57. The van der Waals surface area contributed by atoms with Crippen LogP contribution >= 0.6 is 0 Å². The Hall–Kier alpha value is -2.57. The van der Waals surface area contributed by atoms with E-state index in [1.807, 2.05) is 0 Å². The largest absolute Gasteiger partial charge is 0.447 e. The molecule has 0 aromatic heterocycles. The number of benzene rings is 1. The van der Waals surface area contributed by atoms with Gasteiger partial charge in [0, 0.05) is 24.3 Å². The zero-order chi connectivity index (χ0) is 16.6. The first-order chi connectivity index (χ1) is 10.9. The Morgan fingerprint density at radius 3 is 2.48 bits per heavy atom. The Labute approximate surface area is 134 Å². The number of nitrogens with zero attached hydrogens (tertiary/aromatic N) is 2. The van der Waals surface area contributed by atoms with Gasteiger partial charge in [-0.25, -0.2) is 4.79 Å². The third-order valence-corrected chi connectivity index (χ3v) is 4.28. The van der Waals surface area contributed by atoms with E-state index in [2.05, 4.69) is 5.32 Å². The lowest BCUT2D eigenvalue weighted by atomic mass is 9.97. The number of amides is 3. The molecule has 1 aromatic carbocycles. The van der Waals surface area contributed by atoms with Crippen LogP contribution in [0, 0.1) is 0 Å². The van der Waals surface area contributed by atoms with E-state index in [1.54, 1.807) is 43.0 Å². The summed E-state index contributed by atoms with van der Waals surface area (Å²) < 4.78 is 4.90.